The van der Waals surface area contributed by atoms with Gasteiger partial charge in [-0.05, 0) is 38.0 Å². The van der Waals surface area contributed by atoms with Gasteiger partial charge in [-0.2, -0.15) is 0 Å². The molecule has 3 heteroatoms. The van der Waals surface area contributed by atoms with Crippen LogP contribution >= 0.6 is 0 Å². The summed E-state index contributed by atoms with van der Waals surface area (Å²) >= 11 is 0. The topological polar surface area (TPSA) is 24.5 Å². The van der Waals surface area contributed by atoms with E-state index >= 15 is 0 Å². The van der Waals surface area contributed by atoms with Crippen molar-refractivity contribution in [2.24, 2.45) is 5.92 Å². The molecule has 0 aromatic heterocycles. The molecule has 3 nitrogen and oxygen atoms in total. The summed E-state index contributed by atoms with van der Waals surface area (Å²) in [5.41, 5.74) is 0. The molecule has 0 radical (unpaired) electrons. The van der Waals surface area contributed by atoms with Crippen molar-refractivity contribution in [1.82, 2.24) is 10.2 Å². The lowest BCUT2D eigenvalue weighted by Gasteiger charge is -2.46. The number of piperazine rings is 1. The molecule has 2 unspecified atom stereocenters. The van der Waals surface area contributed by atoms with Crippen molar-refractivity contribution in [1.29, 1.82) is 0 Å². The fourth-order valence-corrected chi connectivity index (χ4v) is 3.50. The van der Waals surface area contributed by atoms with E-state index in [0.29, 0.717) is 0 Å². The second-order valence-electron chi connectivity index (χ2n) is 5.95. The number of nitrogens with one attached hydrogen (secondary N) is 1. The first-order valence-corrected chi connectivity index (χ1v) is 7.45. The number of hydrogen-bond donors (Lipinski definition) is 1. The first kappa shape index (κ1) is 11.9. The van der Waals surface area contributed by atoms with Crippen LogP contribution in [0.3, 0.4) is 0 Å². The Hall–Kier alpha value is -0.120. The maximum absolute atomic E-state index is 5.50. The second kappa shape index (κ2) is 5.25. The van der Waals surface area contributed by atoms with Gasteiger partial charge in [-0.15, -0.1) is 0 Å². The summed E-state index contributed by atoms with van der Waals surface area (Å²) in [6, 6.07) is 2.32. The Bertz CT molecular complexity index is 249. The Morgan fingerprint density at radius 2 is 1.94 bits per heavy atom. The fraction of sp³-hybridized carbons (Fsp3) is 1.00. The molecule has 3 fully saturated rings. The maximum Gasteiger partial charge on any atom is 0.0480 e. The summed E-state index contributed by atoms with van der Waals surface area (Å²) in [6.07, 6.45) is 6.68. The van der Waals surface area contributed by atoms with Crippen LogP contribution in [0.25, 0.3) is 0 Å². The third-order valence-electron chi connectivity index (χ3n) is 4.81. The molecule has 2 atom stereocenters. The maximum atomic E-state index is 5.50. The molecular weight excluding hydrogens is 212 g/mol. The predicted octanol–water partition coefficient (Wildman–Crippen LogP) is 1.63. The van der Waals surface area contributed by atoms with Crippen molar-refractivity contribution >= 4 is 0 Å². The fourth-order valence-electron chi connectivity index (χ4n) is 3.50. The molecule has 1 N–H and O–H groups in total. The molecule has 3 aliphatic rings. The number of nitrogens with zero attached hydrogens (tertiary/aromatic N) is 1. The van der Waals surface area contributed by atoms with Gasteiger partial charge >= 0.3 is 0 Å². The van der Waals surface area contributed by atoms with E-state index in [-0.39, 0.29) is 0 Å². The van der Waals surface area contributed by atoms with Gasteiger partial charge in [0.05, 0.1) is 0 Å². The quantitative estimate of drug-likeness (QED) is 0.809. The van der Waals surface area contributed by atoms with E-state index in [1.54, 1.807) is 0 Å². The average molecular weight is 238 g/mol. The Kier molecular flexibility index (Phi) is 3.69. The van der Waals surface area contributed by atoms with Crippen molar-refractivity contribution in [3.63, 3.8) is 0 Å². The largest absolute Gasteiger partial charge is 0.381 e. The van der Waals surface area contributed by atoms with Crippen LogP contribution in [0.2, 0.25) is 0 Å². The van der Waals surface area contributed by atoms with Crippen molar-refractivity contribution in [3.05, 3.63) is 0 Å². The van der Waals surface area contributed by atoms with Crippen LogP contribution in [0.15, 0.2) is 0 Å². The van der Waals surface area contributed by atoms with Gasteiger partial charge in [0.25, 0.3) is 0 Å². The Labute approximate surface area is 105 Å². The first-order chi connectivity index (χ1) is 8.38. The van der Waals surface area contributed by atoms with Gasteiger partial charge in [-0.3, -0.25) is 4.90 Å². The molecule has 17 heavy (non-hydrogen) atoms. The van der Waals surface area contributed by atoms with Gasteiger partial charge in [0.1, 0.15) is 0 Å². The van der Waals surface area contributed by atoms with E-state index in [1.165, 1.54) is 45.2 Å². The highest BCUT2D eigenvalue weighted by Gasteiger charge is 2.39. The van der Waals surface area contributed by atoms with Gasteiger partial charge in [-0.25, -0.2) is 0 Å². The molecular formula is C14H26N2O. The van der Waals surface area contributed by atoms with Crippen LogP contribution < -0.4 is 5.32 Å². The SMILES string of the molecule is CCC1CNC(C2CC2)CN1C1CCOCC1. The summed E-state index contributed by atoms with van der Waals surface area (Å²) in [6.45, 7) is 6.76. The van der Waals surface area contributed by atoms with Crippen molar-refractivity contribution in [2.45, 2.75) is 57.2 Å². The average Bonchev–Trinajstić information content (AvgIpc) is 3.23. The lowest BCUT2D eigenvalue weighted by atomic mass is 9.97. The van der Waals surface area contributed by atoms with Crippen LogP contribution in [0.4, 0.5) is 0 Å². The summed E-state index contributed by atoms with van der Waals surface area (Å²) in [5, 5.41) is 3.78. The third kappa shape index (κ3) is 2.67. The lowest BCUT2D eigenvalue weighted by Crippen LogP contribution is -2.60. The standard InChI is InChI=1S/C14H26N2O/c1-2-12-9-15-14(11-3-4-11)10-16(12)13-5-7-17-8-6-13/h11-15H,2-10H2,1H3. The summed E-state index contributed by atoms with van der Waals surface area (Å²) in [4.78, 5) is 2.81. The van der Waals surface area contributed by atoms with Crippen molar-refractivity contribution in [3.8, 4) is 0 Å². The minimum atomic E-state index is 0.757. The molecule has 0 amide bonds. The molecule has 0 aromatic rings. The van der Waals surface area contributed by atoms with Gasteiger partial charge in [0.15, 0.2) is 0 Å². The zero-order valence-corrected chi connectivity index (χ0v) is 11.0. The first-order valence-electron chi connectivity index (χ1n) is 7.45. The summed E-state index contributed by atoms with van der Waals surface area (Å²) < 4.78 is 5.50. The van der Waals surface area contributed by atoms with Crippen LogP contribution in [0, 0.1) is 5.92 Å². The Balaban J connectivity index is 1.63. The summed E-state index contributed by atoms with van der Waals surface area (Å²) in [7, 11) is 0. The summed E-state index contributed by atoms with van der Waals surface area (Å²) in [5.74, 6) is 0.982. The highest BCUT2D eigenvalue weighted by molar-refractivity contribution is 4.96. The lowest BCUT2D eigenvalue weighted by molar-refractivity contribution is -0.00229. The zero-order chi connectivity index (χ0) is 11.7. The Morgan fingerprint density at radius 3 is 2.59 bits per heavy atom. The minimum Gasteiger partial charge on any atom is -0.381 e. The molecule has 2 heterocycles. The number of hydrogen-bond acceptors (Lipinski definition) is 3. The number of ether oxygens (including phenoxy) is 1. The molecule has 1 aliphatic carbocycles. The monoisotopic (exact) mass is 238 g/mol. The highest BCUT2D eigenvalue weighted by Crippen LogP contribution is 2.35. The van der Waals surface area contributed by atoms with Crippen molar-refractivity contribution < 1.29 is 4.74 Å². The second-order valence-corrected chi connectivity index (χ2v) is 5.95. The molecule has 0 spiro atoms. The van der Waals surface area contributed by atoms with E-state index < -0.39 is 0 Å². The highest BCUT2D eigenvalue weighted by atomic mass is 16.5. The smallest absolute Gasteiger partial charge is 0.0480 e. The Morgan fingerprint density at radius 1 is 1.18 bits per heavy atom. The van der Waals surface area contributed by atoms with Gasteiger partial charge < -0.3 is 10.1 Å². The van der Waals surface area contributed by atoms with Crippen LogP contribution in [-0.2, 0) is 4.74 Å². The predicted molar refractivity (Wildman–Crippen MR) is 69.1 cm³/mol. The molecule has 1 saturated carbocycles. The molecule has 2 saturated heterocycles. The van der Waals surface area contributed by atoms with Crippen LogP contribution in [-0.4, -0.2) is 49.3 Å². The normalized spacial score (nSPS) is 37.2. The van der Waals surface area contributed by atoms with Crippen LogP contribution in [0.5, 0.6) is 0 Å². The van der Waals surface area contributed by atoms with Gasteiger partial charge in [-0.1, -0.05) is 6.92 Å². The molecule has 0 aromatic carbocycles. The van der Waals surface area contributed by atoms with Gasteiger partial charge in [0.2, 0.25) is 0 Å². The zero-order valence-electron chi connectivity index (χ0n) is 11.0. The number of rotatable bonds is 3. The molecule has 2 aliphatic heterocycles. The van der Waals surface area contributed by atoms with E-state index in [9.17, 15) is 0 Å². The van der Waals surface area contributed by atoms with E-state index in [0.717, 1.165) is 37.3 Å². The molecule has 98 valence electrons. The van der Waals surface area contributed by atoms with E-state index in [4.69, 9.17) is 4.74 Å². The minimum absolute atomic E-state index is 0.757. The van der Waals surface area contributed by atoms with E-state index in [2.05, 4.69) is 17.1 Å². The van der Waals surface area contributed by atoms with Gasteiger partial charge in [0, 0.05) is 44.4 Å². The van der Waals surface area contributed by atoms with Crippen LogP contribution in [0.1, 0.15) is 39.0 Å². The molecule has 0 bridgehead atoms. The third-order valence-corrected chi connectivity index (χ3v) is 4.81. The van der Waals surface area contributed by atoms with E-state index in [1.807, 2.05) is 0 Å². The molecule has 3 rings (SSSR count). The van der Waals surface area contributed by atoms with Crippen molar-refractivity contribution in [2.75, 3.05) is 26.3 Å².